The van der Waals surface area contributed by atoms with Crippen LogP contribution in [0.2, 0.25) is 0 Å². The van der Waals surface area contributed by atoms with Gasteiger partial charge in [-0.2, -0.15) is 0 Å². The molecule has 0 aliphatic heterocycles. The molecule has 0 aromatic heterocycles. The average Bonchev–Trinajstić information content (AvgIpc) is 2.37. The molecule has 0 heterocycles. The average molecular weight is 289 g/mol. The van der Waals surface area contributed by atoms with E-state index in [1.165, 1.54) is 31.4 Å². The van der Waals surface area contributed by atoms with E-state index < -0.39 is 18.1 Å². The topological polar surface area (TPSA) is 95.9 Å². The number of ether oxygens (including phenoxy) is 1. The minimum absolute atomic E-state index is 0. The van der Waals surface area contributed by atoms with Gasteiger partial charge in [0.25, 0.3) is 5.91 Å². The standard InChI is InChI=1S/C11H12N2O5.ClH/c1-13(11(16)17)9(14)7-3-5-8(6-4-7)12-10(15)18-2;/h3-6H,1-2H3,(H,12,15)(H,16,17);1H. The Bertz CT molecular complexity index is 474. The highest BCUT2D eigenvalue weighted by molar-refractivity contribution is 6.02. The summed E-state index contributed by atoms with van der Waals surface area (Å²) < 4.78 is 4.40. The van der Waals surface area contributed by atoms with E-state index >= 15 is 0 Å². The molecule has 1 aromatic carbocycles. The lowest BCUT2D eigenvalue weighted by atomic mass is 10.2. The Labute approximate surface area is 115 Å². The maximum absolute atomic E-state index is 11.6. The third kappa shape index (κ3) is 4.47. The molecule has 0 saturated carbocycles. The molecule has 19 heavy (non-hydrogen) atoms. The van der Waals surface area contributed by atoms with Gasteiger partial charge in [0, 0.05) is 18.3 Å². The minimum atomic E-state index is -1.34. The van der Waals surface area contributed by atoms with Gasteiger partial charge in [0.2, 0.25) is 0 Å². The predicted octanol–water partition coefficient (Wildman–Crippen LogP) is 2.04. The number of carbonyl (C=O) groups is 3. The summed E-state index contributed by atoms with van der Waals surface area (Å²) >= 11 is 0. The Kier molecular flexibility index (Phi) is 6.35. The van der Waals surface area contributed by atoms with Crippen molar-refractivity contribution >= 4 is 36.2 Å². The molecule has 7 nitrogen and oxygen atoms in total. The van der Waals surface area contributed by atoms with Gasteiger partial charge in [-0.15, -0.1) is 12.4 Å². The van der Waals surface area contributed by atoms with Gasteiger partial charge in [0.15, 0.2) is 0 Å². The maximum Gasteiger partial charge on any atom is 0.414 e. The molecule has 0 spiro atoms. The number of benzene rings is 1. The van der Waals surface area contributed by atoms with Gasteiger partial charge in [-0.05, 0) is 24.3 Å². The summed E-state index contributed by atoms with van der Waals surface area (Å²) in [6, 6.07) is 5.76. The van der Waals surface area contributed by atoms with Crippen LogP contribution < -0.4 is 5.32 Å². The van der Waals surface area contributed by atoms with Gasteiger partial charge in [-0.1, -0.05) is 0 Å². The number of nitrogens with one attached hydrogen (secondary N) is 1. The highest BCUT2D eigenvalue weighted by Gasteiger charge is 2.17. The van der Waals surface area contributed by atoms with Crippen molar-refractivity contribution < 1.29 is 24.2 Å². The van der Waals surface area contributed by atoms with Crippen molar-refractivity contribution in [2.75, 3.05) is 19.5 Å². The Balaban J connectivity index is 0.00000324. The van der Waals surface area contributed by atoms with Crippen molar-refractivity contribution in [1.29, 1.82) is 0 Å². The molecule has 8 heteroatoms. The first kappa shape index (κ1) is 16.7. The van der Waals surface area contributed by atoms with Gasteiger partial charge in [0.05, 0.1) is 7.11 Å². The van der Waals surface area contributed by atoms with Crippen LogP contribution in [0.4, 0.5) is 15.3 Å². The van der Waals surface area contributed by atoms with E-state index in [2.05, 4.69) is 10.1 Å². The number of rotatable bonds is 2. The van der Waals surface area contributed by atoms with Crippen molar-refractivity contribution in [3.8, 4) is 0 Å². The number of carbonyl (C=O) groups excluding carboxylic acids is 2. The zero-order chi connectivity index (χ0) is 13.7. The molecule has 1 rings (SSSR count). The van der Waals surface area contributed by atoms with Crippen LogP contribution in [0.15, 0.2) is 24.3 Å². The summed E-state index contributed by atoms with van der Waals surface area (Å²) in [5.74, 6) is -0.646. The van der Waals surface area contributed by atoms with Crippen molar-refractivity contribution in [3.63, 3.8) is 0 Å². The Hall–Kier alpha value is -2.28. The Morgan fingerprint density at radius 1 is 1.21 bits per heavy atom. The number of hydrogen-bond acceptors (Lipinski definition) is 4. The third-order valence-electron chi connectivity index (χ3n) is 2.16. The van der Waals surface area contributed by atoms with E-state index in [0.29, 0.717) is 10.6 Å². The Morgan fingerprint density at radius 2 is 1.74 bits per heavy atom. The molecule has 2 N–H and O–H groups in total. The first-order valence-corrected chi connectivity index (χ1v) is 4.91. The normalized spacial score (nSPS) is 8.95. The van der Waals surface area contributed by atoms with Crippen LogP contribution >= 0.6 is 12.4 Å². The van der Waals surface area contributed by atoms with Crippen LogP contribution in [0.5, 0.6) is 0 Å². The van der Waals surface area contributed by atoms with Crippen LogP contribution in [-0.2, 0) is 4.74 Å². The first-order chi connectivity index (χ1) is 8.45. The lowest BCUT2D eigenvalue weighted by Crippen LogP contribution is -2.31. The SMILES string of the molecule is COC(=O)Nc1ccc(C(=O)N(C)C(=O)O)cc1.Cl. The van der Waals surface area contributed by atoms with Crippen LogP contribution in [0, 0.1) is 0 Å². The lowest BCUT2D eigenvalue weighted by Gasteiger charge is -2.11. The lowest BCUT2D eigenvalue weighted by molar-refractivity contribution is 0.0781. The Morgan fingerprint density at radius 3 is 2.16 bits per heavy atom. The van der Waals surface area contributed by atoms with Gasteiger partial charge in [-0.25, -0.2) is 14.5 Å². The number of halogens is 1. The summed E-state index contributed by atoms with van der Waals surface area (Å²) in [6.45, 7) is 0. The van der Waals surface area contributed by atoms with Crippen molar-refractivity contribution in [2.45, 2.75) is 0 Å². The molecule has 0 radical (unpaired) electrons. The number of carboxylic acid groups (broad SMARTS) is 1. The van der Waals surface area contributed by atoms with Crippen molar-refractivity contribution in [1.82, 2.24) is 4.90 Å². The molecule has 0 fully saturated rings. The fourth-order valence-corrected chi connectivity index (χ4v) is 1.15. The van der Waals surface area contributed by atoms with Crippen molar-refractivity contribution in [2.24, 2.45) is 0 Å². The molecule has 104 valence electrons. The summed E-state index contributed by atoms with van der Waals surface area (Å²) in [5.41, 5.74) is 0.645. The number of nitrogens with zero attached hydrogens (tertiary/aromatic N) is 1. The van der Waals surface area contributed by atoms with E-state index in [9.17, 15) is 14.4 Å². The highest BCUT2D eigenvalue weighted by atomic mass is 35.5. The number of amides is 3. The summed E-state index contributed by atoms with van der Waals surface area (Å²) in [7, 11) is 2.39. The molecule has 0 unspecified atom stereocenters. The number of anilines is 1. The van der Waals surface area contributed by atoms with Gasteiger partial charge >= 0.3 is 12.2 Å². The molecular formula is C11H13ClN2O5. The molecular weight excluding hydrogens is 276 g/mol. The smallest absolute Gasteiger partial charge is 0.414 e. The molecule has 0 aliphatic carbocycles. The van der Waals surface area contributed by atoms with E-state index in [-0.39, 0.29) is 18.0 Å². The van der Waals surface area contributed by atoms with Crippen LogP contribution in [0.25, 0.3) is 0 Å². The molecule has 0 saturated heterocycles. The summed E-state index contributed by atoms with van der Waals surface area (Å²) in [4.78, 5) is 33.7. The van der Waals surface area contributed by atoms with E-state index in [1.807, 2.05) is 0 Å². The maximum atomic E-state index is 11.6. The number of methoxy groups -OCH3 is 1. The minimum Gasteiger partial charge on any atom is -0.465 e. The molecule has 0 atom stereocenters. The fraction of sp³-hybridized carbons (Fsp3) is 0.182. The molecule has 3 amide bonds. The number of hydrogen-bond donors (Lipinski definition) is 2. The van der Waals surface area contributed by atoms with Crippen molar-refractivity contribution in [3.05, 3.63) is 29.8 Å². The second kappa shape index (κ2) is 7.22. The van der Waals surface area contributed by atoms with Gasteiger partial charge in [-0.3, -0.25) is 10.1 Å². The molecule has 1 aromatic rings. The van der Waals surface area contributed by atoms with Crippen LogP contribution in [0.1, 0.15) is 10.4 Å². The highest BCUT2D eigenvalue weighted by Crippen LogP contribution is 2.11. The zero-order valence-corrected chi connectivity index (χ0v) is 11.1. The summed E-state index contributed by atoms with van der Waals surface area (Å²) in [5, 5.41) is 11.1. The van der Waals surface area contributed by atoms with E-state index in [0.717, 1.165) is 7.05 Å². The molecule has 0 bridgehead atoms. The molecule has 0 aliphatic rings. The van der Waals surface area contributed by atoms with Gasteiger partial charge in [0.1, 0.15) is 0 Å². The van der Waals surface area contributed by atoms with Crippen LogP contribution in [-0.4, -0.2) is 42.3 Å². The number of imide groups is 1. The largest absolute Gasteiger partial charge is 0.465 e. The second-order valence-corrected chi connectivity index (χ2v) is 3.34. The zero-order valence-electron chi connectivity index (χ0n) is 10.2. The third-order valence-corrected chi connectivity index (χ3v) is 2.16. The monoisotopic (exact) mass is 288 g/mol. The quantitative estimate of drug-likeness (QED) is 0.868. The van der Waals surface area contributed by atoms with E-state index in [1.54, 1.807) is 0 Å². The predicted molar refractivity (Wildman–Crippen MR) is 69.8 cm³/mol. The van der Waals surface area contributed by atoms with Crippen LogP contribution in [0.3, 0.4) is 0 Å². The summed E-state index contributed by atoms with van der Waals surface area (Å²) in [6.07, 6.45) is -1.96. The van der Waals surface area contributed by atoms with Gasteiger partial charge < -0.3 is 9.84 Å². The fourth-order valence-electron chi connectivity index (χ4n) is 1.15. The second-order valence-electron chi connectivity index (χ2n) is 3.34. The van der Waals surface area contributed by atoms with E-state index in [4.69, 9.17) is 5.11 Å². The first-order valence-electron chi connectivity index (χ1n) is 4.91.